The standard InChI is InChI=1S/C25H29FN6O/c1-3-31-14-19(12-27-31)13-30-10-9-20(16-30)24-28-17(2)22-7-8-23(33)32(25(22)29-24)15-18-5-4-6-21(26)11-18/h4-6,11-12,14,20H,3,7-10,13,15-16H2,1-2H3. The molecular formula is C25H29FN6O. The predicted octanol–water partition coefficient (Wildman–Crippen LogP) is 3.61. The van der Waals surface area contributed by atoms with Gasteiger partial charge in [-0.15, -0.1) is 0 Å². The first kappa shape index (κ1) is 21.7. The maximum absolute atomic E-state index is 13.7. The fourth-order valence-electron chi connectivity index (χ4n) is 4.87. The maximum Gasteiger partial charge on any atom is 0.228 e. The number of fused-ring (bicyclic) bond motifs is 1. The topological polar surface area (TPSA) is 67.2 Å². The van der Waals surface area contributed by atoms with Crippen molar-refractivity contribution < 1.29 is 9.18 Å². The molecule has 7 nitrogen and oxygen atoms in total. The fraction of sp³-hybridized carbons (Fsp3) is 0.440. The summed E-state index contributed by atoms with van der Waals surface area (Å²) in [5.41, 5.74) is 3.94. The first-order valence-corrected chi connectivity index (χ1v) is 11.7. The summed E-state index contributed by atoms with van der Waals surface area (Å²) in [7, 11) is 0. The van der Waals surface area contributed by atoms with Crippen LogP contribution in [-0.4, -0.2) is 43.6 Å². The van der Waals surface area contributed by atoms with Crippen LogP contribution in [-0.2, 0) is 30.8 Å². The molecular weight excluding hydrogens is 419 g/mol. The van der Waals surface area contributed by atoms with Gasteiger partial charge in [-0.2, -0.15) is 5.10 Å². The molecule has 0 spiro atoms. The van der Waals surface area contributed by atoms with Gasteiger partial charge in [0.15, 0.2) is 0 Å². The highest BCUT2D eigenvalue weighted by molar-refractivity contribution is 5.95. The minimum absolute atomic E-state index is 0.0248. The van der Waals surface area contributed by atoms with Gasteiger partial charge in [0.1, 0.15) is 17.5 Å². The van der Waals surface area contributed by atoms with Crippen molar-refractivity contribution in [2.75, 3.05) is 18.0 Å². The van der Waals surface area contributed by atoms with Crippen molar-refractivity contribution in [3.8, 4) is 0 Å². The lowest BCUT2D eigenvalue weighted by Crippen LogP contribution is -2.36. The summed E-state index contributed by atoms with van der Waals surface area (Å²) < 4.78 is 15.7. The highest BCUT2D eigenvalue weighted by Gasteiger charge is 2.32. The number of hydrogen-bond acceptors (Lipinski definition) is 5. The van der Waals surface area contributed by atoms with E-state index in [2.05, 4.69) is 23.1 Å². The molecule has 3 aromatic rings. The summed E-state index contributed by atoms with van der Waals surface area (Å²) in [6.07, 6.45) is 6.10. The number of anilines is 1. The maximum atomic E-state index is 13.7. The Morgan fingerprint density at radius 3 is 2.82 bits per heavy atom. The van der Waals surface area contributed by atoms with Crippen LogP contribution in [0.25, 0.3) is 0 Å². The molecule has 0 radical (unpaired) electrons. The van der Waals surface area contributed by atoms with Crippen molar-refractivity contribution in [3.05, 3.63) is 70.7 Å². The van der Waals surface area contributed by atoms with Gasteiger partial charge in [-0.25, -0.2) is 14.4 Å². The minimum Gasteiger partial charge on any atom is -0.298 e. The molecule has 1 amide bonds. The highest BCUT2D eigenvalue weighted by atomic mass is 19.1. The number of likely N-dealkylation sites (tertiary alicyclic amines) is 1. The highest BCUT2D eigenvalue weighted by Crippen LogP contribution is 2.33. The van der Waals surface area contributed by atoms with E-state index >= 15 is 0 Å². The Morgan fingerprint density at radius 1 is 1.15 bits per heavy atom. The van der Waals surface area contributed by atoms with Crippen LogP contribution in [0, 0.1) is 12.7 Å². The second kappa shape index (κ2) is 9.02. The van der Waals surface area contributed by atoms with E-state index in [-0.39, 0.29) is 17.6 Å². The molecule has 1 unspecified atom stereocenters. The van der Waals surface area contributed by atoms with Gasteiger partial charge in [0.05, 0.1) is 12.7 Å². The Hall–Kier alpha value is -3.13. The second-order valence-electron chi connectivity index (χ2n) is 9.00. The molecule has 0 bridgehead atoms. The Bertz CT molecular complexity index is 1180. The van der Waals surface area contributed by atoms with Crippen molar-refractivity contribution in [2.24, 2.45) is 0 Å². The number of hydrogen-bond donors (Lipinski definition) is 0. The third kappa shape index (κ3) is 4.53. The van der Waals surface area contributed by atoms with E-state index in [1.807, 2.05) is 23.9 Å². The molecule has 1 fully saturated rings. The smallest absolute Gasteiger partial charge is 0.228 e. The minimum atomic E-state index is -0.299. The molecule has 0 aliphatic carbocycles. The van der Waals surface area contributed by atoms with Gasteiger partial charge < -0.3 is 0 Å². The molecule has 1 atom stereocenters. The van der Waals surface area contributed by atoms with Gasteiger partial charge >= 0.3 is 0 Å². The van der Waals surface area contributed by atoms with E-state index in [1.54, 1.807) is 11.0 Å². The van der Waals surface area contributed by atoms with Crippen LogP contribution < -0.4 is 4.90 Å². The number of carbonyl (C=O) groups excluding carboxylic acids is 1. The summed E-state index contributed by atoms with van der Waals surface area (Å²) in [6.45, 7) is 8.01. The van der Waals surface area contributed by atoms with E-state index in [0.29, 0.717) is 25.2 Å². The number of halogens is 1. The Kier molecular flexibility index (Phi) is 5.93. The lowest BCUT2D eigenvalue weighted by molar-refractivity contribution is -0.119. The molecule has 1 aromatic carbocycles. The van der Waals surface area contributed by atoms with Crippen molar-refractivity contribution in [3.63, 3.8) is 0 Å². The normalized spacial score (nSPS) is 18.7. The number of carbonyl (C=O) groups is 1. The molecule has 2 aromatic heterocycles. The molecule has 2 aliphatic heterocycles. The van der Waals surface area contributed by atoms with Crippen molar-refractivity contribution in [1.29, 1.82) is 0 Å². The molecule has 5 rings (SSSR count). The van der Waals surface area contributed by atoms with E-state index in [9.17, 15) is 9.18 Å². The summed E-state index contributed by atoms with van der Waals surface area (Å²) in [5.74, 6) is 1.45. The summed E-state index contributed by atoms with van der Waals surface area (Å²) in [6, 6.07) is 6.41. The van der Waals surface area contributed by atoms with Gasteiger partial charge in [0, 0.05) is 55.0 Å². The summed E-state index contributed by atoms with van der Waals surface area (Å²) >= 11 is 0. The van der Waals surface area contributed by atoms with Gasteiger partial charge in [-0.3, -0.25) is 19.3 Å². The lowest BCUT2D eigenvalue weighted by atomic mass is 10.0. The van der Waals surface area contributed by atoms with Crippen molar-refractivity contribution >= 4 is 11.7 Å². The average Bonchev–Trinajstić information content (AvgIpc) is 3.45. The summed E-state index contributed by atoms with van der Waals surface area (Å²) in [5, 5.41) is 4.37. The average molecular weight is 449 g/mol. The Balaban J connectivity index is 1.37. The Morgan fingerprint density at radius 2 is 2.03 bits per heavy atom. The third-order valence-electron chi connectivity index (χ3n) is 6.64. The van der Waals surface area contributed by atoms with E-state index < -0.39 is 0 Å². The number of benzene rings is 1. The second-order valence-corrected chi connectivity index (χ2v) is 9.00. The monoisotopic (exact) mass is 448 g/mol. The van der Waals surface area contributed by atoms with Crippen LogP contribution in [0.3, 0.4) is 0 Å². The first-order chi connectivity index (χ1) is 16.0. The molecule has 0 saturated carbocycles. The third-order valence-corrected chi connectivity index (χ3v) is 6.64. The van der Waals surface area contributed by atoms with Crippen LogP contribution >= 0.6 is 0 Å². The molecule has 0 N–H and O–H groups in total. The SMILES string of the molecule is CCn1cc(CN2CCC(c3nc(C)c4c(n3)N(Cc3cccc(F)c3)C(=O)CC4)C2)cn1. The zero-order chi connectivity index (χ0) is 22.9. The molecule has 4 heterocycles. The van der Waals surface area contributed by atoms with Crippen LogP contribution in [0.5, 0.6) is 0 Å². The van der Waals surface area contributed by atoms with Gasteiger partial charge in [-0.1, -0.05) is 12.1 Å². The van der Waals surface area contributed by atoms with Gasteiger partial charge in [-0.05, 0) is 50.9 Å². The molecule has 33 heavy (non-hydrogen) atoms. The van der Waals surface area contributed by atoms with Gasteiger partial charge in [0.25, 0.3) is 0 Å². The number of amides is 1. The summed E-state index contributed by atoms with van der Waals surface area (Å²) in [4.78, 5) is 26.7. The number of nitrogens with zero attached hydrogens (tertiary/aromatic N) is 6. The quantitative estimate of drug-likeness (QED) is 0.576. The van der Waals surface area contributed by atoms with Gasteiger partial charge in [0.2, 0.25) is 5.91 Å². The van der Waals surface area contributed by atoms with Crippen LogP contribution in [0.2, 0.25) is 0 Å². The molecule has 2 aliphatic rings. The number of rotatable bonds is 6. The van der Waals surface area contributed by atoms with Crippen LogP contribution in [0.15, 0.2) is 36.7 Å². The molecule has 1 saturated heterocycles. The number of aryl methyl sites for hydroxylation is 2. The van der Waals surface area contributed by atoms with Crippen molar-refractivity contribution in [1.82, 2.24) is 24.6 Å². The van der Waals surface area contributed by atoms with Crippen LogP contribution in [0.4, 0.5) is 10.2 Å². The zero-order valence-electron chi connectivity index (χ0n) is 19.2. The van der Waals surface area contributed by atoms with E-state index in [1.165, 1.54) is 17.7 Å². The van der Waals surface area contributed by atoms with E-state index in [4.69, 9.17) is 9.97 Å². The van der Waals surface area contributed by atoms with Crippen molar-refractivity contribution in [2.45, 2.75) is 58.7 Å². The fourth-order valence-corrected chi connectivity index (χ4v) is 4.87. The largest absolute Gasteiger partial charge is 0.298 e. The Labute approximate surface area is 193 Å². The molecule has 172 valence electrons. The van der Waals surface area contributed by atoms with E-state index in [0.717, 1.165) is 55.2 Å². The predicted molar refractivity (Wildman–Crippen MR) is 123 cm³/mol. The number of aromatic nitrogens is 4. The zero-order valence-corrected chi connectivity index (χ0v) is 19.2. The first-order valence-electron chi connectivity index (χ1n) is 11.7. The lowest BCUT2D eigenvalue weighted by Gasteiger charge is -2.30. The van der Waals surface area contributed by atoms with Crippen LogP contribution in [0.1, 0.15) is 53.9 Å². The molecule has 8 heteroatoms.